The van der Waals surface area contributed by atoms with E-state index < -0.39 is 22.3 Å². The number of carbonyl (C=O) groups is 1. The Morgan fingerprint density at radius 1 is 1.53 bits per heavy atom. The first-order chi connectivity index (χ1) is 8.09. The van der Waals surface area contributed by atoms with Crippen LogP contribution in [0.5, 0.6) is 0 Å². The summed E-state index contributed by atoms with van der Waals surface area (Å²) in [5.74, 6) is -1.37. The number of carbonyl (C=O) groups excluding carboxylic acids is 1. The molecule has 0 unspecified atom stereocenters. The lowest BCUT2D eigenvalue weighted by atomic mass is 10.1. The van der Waals surface area contributed by atoms with Crippen molar-refractivity contribution < 1.29 is 18.9 Å². The van der Waals surface area contributed by atoms with Gasteiger partial charge in [-0.25, -0.2) is 9.45 Å². The maximum Gasteiger partial charge on any atom is 0.285 e. The normalized spacial score (nSPS) is 15.0. The molecule has 0 aromatic heterocycles. The van der Waals surface area contributed by atoms with Crippen LogP contribution < -0.4 is 0 Å². The number of benzene rings is 1. The van der Waals surface area contributed by atoms with Crippen LogP contribution in [0.4, 0.5) is 10.1 Å². The van der Waals surface area contributed by atoms with Crippen LogP contribution >= 0.6 is 0 Å². The van der Waals surface area contributed by atoms with Crippen molar-refractivity contribution in [1.29, 1.82) is 0 Å². The van der Waals surface area contributed by atoms with E-state index in [4.69, 9.17) is 4.84 Å². The molecule has 0 radical (unpaired) electrons. The van der Waals surface area contributed by atoms with Crippen LogP contribution in [-0.2, 0) is 4.84 Å². The summed E-state index contributed by atoms with van der Waals surface area (Å²) < 4.78 is 12.9. The first-order valence-electron chi connectivity index (χ1n) is 4.98. The molecule has 1 aromatic carbocycles. The highest BCUT2D eigenvalue weighted by Crippen LogP contribution is 2.22. The quantitative estimate of drug-likeness (QED) is 0.580. The Labute approximate surface area is 95.7 Å². The maximum atomic E-state index is 12.9. The predicted molar refractivity (Wildman–Crippen MR) is 54.7 cm³/mol. The zero-order valence-electron chi connectivity index (χ0n) is 8.76. The molecular weight excluding hydrogens is 231 g/mol. The number of hydrogen-bond donors (Lipinski definition) is 0. The van der Waals surface area contributed by atoms with Crippen LogP contribution in [0, 0.1) is 15.9 Å². The van der Waals surface area contributed by atoms with Gasteiger partial charge < -0.3 is 0 Å². The average molecular weight is 240 g/mol. The molecule has 1 saturated heterocycles. The van der Waals surface area contributed by atoms with Crippen molar-refractivity contribution in [1.82, 2.24) is 5.06 Å². The summed E-state index contributed by atoms with van der Waals surface area (Å²) in [5, 5.41) is 11.8. The average Bonchev–Trinajstić information content (AvgIpc) is 2.81. The summed E-state index contributed by atoms with van der Waals surface area (Å²) in [4.78, 5) is 26.8. The maximum absolute atomic E-state index is 12.9. The third kappa shape index (κ3) is 2.23. The Balaban J connectivity index is 2.36. The third-order valence-corrected chi connectivity index (χ3v) is 2.37. The first-order valence-corrected chi connectivity index (χ1v) is 4.98. The fraction of sp³-hybridized carbons (Fsp3) is 0.300. The molecule has 1 aliphatic rings. The molecule has 0 saturated carbocycles. The predicted octanol–water partition coefficient (Wildman–Crippen LogP) is 1.51. The highest BCUT2D eigenvalue weighted by Gasteiger charge is 2.27. The number of hydrogen-bond acceptors (Lipinski definition) is 4. The van der Waals surface area contributed by atoms with Crippen molar-refractivity contribution in [2.45, 2.75) is 6.42 Å². The summed E-state index contributed by atoms with van der Waals surface area (Å²) >= 11 is 0. The molecule has 0 atom stereocenters. The molecule has 1 fully saturated rings. The summed E-state index contributed by atoms with van der Waals surface area (Å²) in [5.41, 5.74) is -0.719. The van der Waals surface area contributed by atoms with Gasteiger partial charge in [0.25, 0.3) is 11.6 Å². The number of nitro groups is 1. The smallest absolute Gasteiger partial charge is 0.271 e. The van der Waals surface area contributed by atoms with Gasteiger partial charge in [-0.05, 0) is 18.6 Å². The molecule has 0 aliphatic carbocycles. The molecule has 1 heterocycles. The number of nitro benzene ring substituents is 1. The van der Waals surface area contributed by atoms with Gasteiger partial charge in [-0.1, -0.05) is 0 Å². The first kappa shape index (κ1) is 11.5. The molecule has 7 heteroatoms. The lowest BCUT2D eigenvalue weighted by Crippen LogP contribution is -2.27. The highest BCUT2D eigenvalue weighted by atomic mass is 19.1. The fourth-order valence-electron chi connectivity index (χ4n) is 1.58. The number of halogens is 1. The minimum Gasteiger partial charge on any atom is -0.271 e. The van der Waals surface area contributed by atoms with Gasteiger partial charge in [0.1, 0.15) is 11.4 Å². The second kappa shape index (κ2) is 4.46. The van der Waals surface area contributed by atoms with Crippen LogP contribution in [0.15, 0.2) is 18.2 Å². The third-order valence-electron chi connectivity index (χ3n) is 2.37. The Morgan fingerprint density at radius 2 is 2.29 bits per heavy atom. The minimum absolute atomic E-state index is 0.168. The topological polar surface area (TPSA) is 72.7 Å². The number of nitrogens with zero attached hydrogens (tertiary/aromatic N) is 2. The van der Waals surface area contributed by atoms with E-state index in [1.165, 1.54) is 0 Å². The Hall–Kier alpha value is -2.02. The van der Waals surface area contributed by atoms with Crippen LogP contribution in [0.3, 0.4) is 0 Å². The summed E-state index contributed by atoms with van der Waals surface area (Å²) in [6.45, 7) is 0.786. The van der Waals surface area contributed by atoms with Gasteiger partial charge >= 0.3 is 0 Å². The summed E-state index contributed by atoms with van der Waals surface area (Å²) in [7, 11) is 0. The largest absolute Gasteiger partial charge is 0.285 e. The van der Waals surface area contributed by atoms with Crippen molar-refractivity contribution in [2.24, 2.45) is 0 Å². The molecule has 1 aromatic rings. The molecule has 1 aliphatic heterocycles. The lowest BCUT2D eigenvalue weighted by Gasteiger charge is -2.13. The van der Waals surface area contributed by atoms with Crippen LogP contribution in [-0.4, -0.2) is 29.0 Å². The van der Waals surface area contributed by atoms with Crippen LogP contribution in [0.1, 0.15) is 16.8 Å². The Morgan fingerprint density at radius 3 is 2.88 bits per heavy atom. The van der Waals surface area contributed by atoms with Crippen LogP contribution in [0.2, 0.25) is 0 Å². The molecule has 2 rings (SSSR count). The molecule has 0 bridgehead atoms. The SMILES string of the molecule is O=C(c1ccc(F)cc1[N+](=O)[O-])N1CCCO1. The van der Waals surface area contributed by atoms with Gasteiger partial charge in [0, 0.05) is 0 Å². The van der Waals surface area contributed by atoms with Crippen LogP contribution in [0.25, 0.3) is 0 Å². The monoisotopic (exact) mass is 240 g/mol. The van der Waals surface area contributed by atoms with E-state index >= 15 is 0 Å². The second-order valence-electron chi connectivity index (χ2n) is 3.51. The molecule has 0 N–H and O–H groups in total. The van der Waals surface area contributed by atoms with Crippen molar-refractivity contribution in [3.63, 3.8) is 0 Å². The summed E-state index contributed by atoms with van der Waals surface area (Å²) in [6, 6.07) is 2.83. The molecule has 6 nitrogen and oxygen atoms in total. The van der Waals surface area contributed by atoms with Crippen molar-refractivity contribution in [2.75, 3.05) is 13.2 Å². The summed E-state index contributed by atoms with van der Waals surface area (Å²) in [6.07, 6.45) is 0.681. The second-order valence-corrected chi connectivity index (χ2v) is 3.51. The van der Waals surface area contributed by atoms with Crippen molar-refractivity contribution >= 4 is 11.6 Å². The standard InChI is InChI=1S/C10H9FN2O4/c11-7-2-3-8(9(6-7)13(15)16)10(14)12-4-1-5-17-12/h2-3,6H,1,4-5H2. The number of rotatable bonds is 2. The highest BCUT2D eigenvalue weighted by molar-refractivity contribution is 5.97. The zero-order chi connectivity index (χ0) is 12.4. The van der Waals surface area contributed by atoms with Gasteiger partial charge in [0.15, 0.2) is 0 Å². The van der Waals surface area contributed by atoms with Gasteiger partial charge in [-0.15, -0.1) is 0 Å². The molecule has 90 valence electrons. The Bertz CT molecular complexity index is 471. The van der Waals surface area contributed by atoms with Gasteiger partial charge in [0.2, 0.25) is 0 Å². The Kier molecular flexibility index (Phi) is 3.01. The molecular formula is C10H9FN2O4. The van der Waals surface area contributed by atoms with E-state index in [-0.39, 0.29) is 5.56 Å². The van der Waals surface area contributed by atoms with E-state index in [0.717, 1.165) is 23.3 Å². The molecule has 0 spiro atoms. The number of hydroxylamine groups is 2. The van der Waals surface area contributed by atoms with Crippen molar-refractivity contribution in [3.05, 3.63) is 39.7 Å². The molecule has 1 amide bonds. The minimum atomic E-state index is -0.785. The van der Waals surface area contributed by atoms with E-state index in [0.29, 0.717) is 19.6 Å². The zero-order valence-corrected chi connectivity index (χ0v) is 8.76. The fourth-order valence-corrected chi connectivity index (χ4v) is 1.58. The van der Waals surface area contributed by atoms with E-state index in [9.17, 15) is 19.3 Å². The van der Waals surface area contributed by atoms with Crippen molar-refractivity contribution in [3.8, 4) is 0 Å². The van der Waals surface area contributed by atoms with Gasteiger partial charge in [-0.3, -0.25) is 19.7 Å². The van der Waals surface area contributed by atoms with Gasteiger partial charge in [-0.2, -0.15) is 0 Å². The lowest BCUT2D eigenvalue weighted by molar-refractivity contribution is -0.385. The van der Waals surface area contributed by atoms with E-state index in [1.54, 1.807) is 0 Å². The van der Waals surface area contributed by atoms with Gasteiger partial charge in [0.05, 0.1) is 24.1 Å². The number of amides is 1. The van der Waals surface area contributed by atoms with E-state index in [2.05, 4.69) is 0 Å². The van der Waals surface area contributed by atoms with E-state index in [1.807, 2.05) is 0 Å². The molecule has 17 heavy (non-hydrogen) atoms.